The number of carbonyl (C=O) groups excluding carboxylic acids is 2. The summed E-state index contributed by atoms with van der Waals surface area (Å²) in [6, 6.07) is 13.6. The molecule has 1 aromatic heterocycles. The van der Waals surface area contributed by atoms with Gasteiger partial charge in [-0.05, 0) is 61.6 Å². The molecule has 0 spiro atoms. The Morgan fingerprint density at radius 3 is 2.37 bits per heavy atom. The molecule has 2 aromatic carbocycles. The van der Waals surface area contributed by atoms with E-state index in [4.69, 9.17) is 9.72 Å². The quantitative estimate of drug-likeness (QED) is 0.110. The molecule has 0 saturated heterocycles. The lowest BCUT2D eigenvalue weighted by Gasteiger charge is -2.34. The number of rotatable bonds is 13. The Hall–Kier alpha value is -3.32. The van der Waals surface area contributed by atoms with Gasteiger partial charge in [-0.2, -0.15) is 13.2 Å². The van der Waals surface area contributed by atoms with Crippen LogP contribution in [-0.2, 0) is 16.3 Å². The highest BCUT2D eigenvalue weighted by molar-refractivity contribution is 6.76. The first-order valence-electron chi connectivity index (χ1n) is 15.7. The van der Waals surface area contributed by atoms with E-state index in [0.29, 0.717) is 34.6 Å². The summed E-state index contributed by atoms with van der Waals surface area (Å²) in [5, 5.41) is 5.72. The van der Waals surface area contributed by atoms with Gasteiger partial charge in [-0.3, -0.25) is 9.59 Å². The van der Waals surface area contributed by atoms with Crippen molar-refractivity contribution < 1.29 is 36.3 Å². The molecular weight excluding hydrogens is 623 g/mol. The van der Waals surface area contributed by atoms with Crippen molar-refractivity contribution in [2.45, 2.75) is 102 Å². The van der Waals surface area contributed by atoms with E-state index in [2.05, 4.69) is 30.3 Å². The van der Waals surface area contributed by atoms with Gasteiger partial charge in [0.15, 0.2) is 0 Å². The summed E-state index contributed by atoms with van der Waals surface area (Å²) < 4.78 is 74.4. The number of hydrogen-bond acceptors (Lipinski definition) is 4. The van der Waals surface area contributed by atoms with Crippen LogP contribution in [0.3, 0.4) is 0 Å². The fourth-order valence-electron chi connectivity index (χ4n) is 5.59. The number of imidazole rings is 1. The van der Waals surface area contributed by atoms with Crippen LogP contribution < -0.4 is 10.6 Å². The summed E-state index contributed by atoms with van der Waals surface area (Å²) in [6.07, 6.45) is -6.52. The van der Waals surface area contributed by atoms with Crippen LogP contribution in [-0.4, -0.2) is 48.1 Å². The van der Waals surface area contributed by atoms with Gasteiger partial charge in [0.2, 0.25) is 11.8 Å². The second-order valence-electron chi connectivity index (χ2n) is 13.4. The van der Waals surface area contributed by atoms with E-state index in [1.54, 1.807) is 55.5 Å². The van der Waals surface area contributed by atoms with Crippen molar-refractivity contribution in [3.8, 4) is 0 Å². The summed E-state index contributed by atoms with van der Waals surface area (Å²) >= 11 is 0. The Kier molecular flexibility index (Phi) is 11.3. The van der Waals surface area contributed by atoms with Crippen molar-refractivity contribution >= 4 is 30.9 Å². The number of alkyl halides is 5. The molecule has 3 aromatic rings. The van der Waals surface area contributed by atoms with Crippen molar-refractivity contribution in [2.24, 2.45) is 5.92 Å². The van der Waals surface area contributed by atoms with Crippen LogP contribution in [0.5, 0.6) is 0 Å². The zero-order valence-corrected chi connectivity index (χ0v) is 27.7. The van der Waals surface area contributed by atoms with Gasteiger partial charge in [-0.15, -0.1) is 0 Å². The maximum Gasteiger partial charge on any atom is 0.389 e. The van der Waals surface area contributed by atoms with E-state index in [1.807, 2.05) is 4.57 Å². The number of nitrogens with one attached hydrogen (secondary N) is 2. The van der Waals surface area contributed by atoms with Crippen molar-refractivity contribution in [2.75, 3.05) is 6.61 Å². The molecule has 2 N–H and O–H groups in total. The molecule has 1 fully saturated rings. The van der Waals surface area contributed by atoms with E-state index < -0.39 is 51.0 Å². The lowest BCUT2D eigenvalue weighted by Crippen LogP contribution is -2.38. The van der Waals surface area contributed by atoms with Crippen molar-refractivity contribution in [3.63, 3.8) is 0 Å². The smallest absolute Gasteiger partial charge is 0.361 e. The van der Waals surface area contributed by atoms with Gasteiger partial charge in [0, 0.05) is 39.5 Å². The predicted molar refractivity (Wildman–Crippen MR) is 169 cm³/mol. The molecular formula is C33H43F5N4O3Si. The summed E-state index contributed by atoms with van der Waals surface area (Å²) in [5.74, 6) is -3.67. The average molecular weight is 667 g/mol. The first-order valence-corrected chi connectivity index (χ1v) is 19.4. The van der Waals surface area contributed by atoms with E-state index in [1.165, 1.54) is 0 Å². The standard InChI is InChI=1S/C33H43F5N4O3Si/c1-22(39-28(43)14-17-33(36,37)38)25-10-11-26-27(20-25)42(21-45-18-19-46(2,3)4)30(40-26)29(23-12-15-32(34,35)16-13-23)41-31(44)24-8-6-5-7-9-24/h5-11,20,22-23,29H,12-19,21H2,1-4H3,(H,39,43)(H,41,44)/t22-,29+/m1/s1. The van der Waals surface area contributed by atoms with E-state index >= 15 is 0 Å². The first kappa shape index (κ1) is 35.5. The third-order valence-corrected chi connectivity index (χ3v) is 10.1. The number of hydrogen-bond donors (Lipinski definition) is 2. The van der Waals surface area contributed by atoms with Crippen LogP contribution >= 0.6 is 0 Å². The maximum atomic E-state index is 14.2. The van der Waals surface area contributed by atoms with Gasteiger partial charge in [0.1, 0.15) is 12.6 Å². The lowest BCUT2D eigenvalue weighted by atomic mass is 9.81. The number of ether oxygens (including phenoxy) is 1. The van der Waals surface area contributed by atoms with E-state index in [0.717, 1.165) is 6.04 Å². The molecule has 4 rings (SSSR count). The van der Waals surface area contributed by atoms with Gasteiger partial charge < -0.3 is 19.9 Å². The second-order valence-corrected chi connectivity index (χ2v) is 19.0. The van der Waals surface area contributed by atoms with Crippen LogP contribution in [0.1, 0.15) is 79.3 Å². The summed E-state index contributed by atoms with van der Waals surface area (Å²) in [5.41, 5.74) is 2.28. The Bertz CT molecular complexity index is 1480. The van der Waals surface area contributed by atoms with Crippen LogP contribution in [0.15, 0.2) is 48.5 Å². The first-order chi connectivity index (χ1) is 21.5. The van der Waals surface area contributed by atoms with Gasteiger partial charge >= 0.3 is 6.18 Å². The monoisotopic (exact) mass is 666 g/mol. The number of halogens is 5. The molecule has 2 amide bonds. The van der Waals surface area contributed by atoms with Crippen molar-refractivity contribution in [1.29, 1.82) is 0 Å². The minimum Gasteiger partial charge on any atom is -0.361 e. The van der Waals surface area contributed by atoms with E-state index in [-0.39, 0.29) is 44.2 Å². The Labute approximate surface area is 267 Å². The fraction of sp³-hybridized carbons (Fsp3) is 0.545. The van der Waals surface area contributed by atoms with Gasteiger partial charge in [-0.25, -0.2) is 13.8 Å². The third kappa shape index (κ3) is 10.1. The molecule has 7 nitrogen and oxygen atoms in total. The van der Waals surface area contributed by atoms with Crippen LogP contribution in [0.2, 0.25) is 25.7 Å². The van der Waals surface area contributed by atoms with Gasteiger partial charge in [0.25, 0.3) is 5.91 Å². The Morgan fingerprint density at radius 1 is 1.07 bits per heavy atom. The number of aromatic nitrogens is 2. The molecule has 0 unspecified atom stereocenters. The molecule has 1 saturated carbocycles. The summed E-state index contributed by atoms with van der Waals surface area (Å²) in [6.45, 7) is 8.98. The molecule has 0 radical (unpaired) electrons. The number of nitrogens with zero attached hydrogens (tertiary/aromatic N) is 2. The number of amides is 2. The maximum absolute atomic E-state index is 14.2. The SMILES string of the molecule is C[C@@H](NC(=O)CCC(F)(F)F)c1ccc2nc([C@@H](NC(=O)c3ccccc3)C3CCC(F)(F)CC3)n(COCC[Si](C)(C)C)c2c1. The number of carbonyl (C=O) groups is 2. The molecule has 13 heteroatoms. The Morgan fingerprint density at radius 2 is 1.74 bits per heavy atom. The molecule has 46 heavy (non-hydrogen) atoms. The number of fused-ring (bicyclic) bond motifs is 1. The highest BCUT2D eigenvalue weighted by atomic mass is 28.3. The zero-order chi connectivity index (χ0) is 33.7. The zero-order valence-electron chi connectivity index (χ0n) is 26.7. The molecule has 1 heterocycles. The van der Waals surface area contributed by atoms with Crippen LogP contribution in [0, 0.1) is 5.92 Å². The molecule has 0 aliphatic heterocycles. The van der Waals surface area contributed by atoms with Crippen molar-refractivity contribution in [1.82, 2.24) is 20.2 Å². The molecule has 1 aliphatic carbocycles. The molecule has 1 aliphatic rings. The van der Waals surface area contributed by atoms with Crippen molar-refractivity contribution in [3.05, 3.63) is 65.5 Å². The normalized spacial score (nSPS) is 17.1. The summed E-state index contributed by atoms with van der Waals surface area (Å²) in [4.78, 5) is 30.6. The third-order valence-electron chi connectivity index (χ3n) is 8.37. The largest absolute Gasteiger partial charge is 0.389 e. The minimum absolute atomic E-state index is 0.0900. The van der Waals surface area contributed by atoms with Crippen LogP contribution in [0.4, 0.5) is 22.0 Å². The highest BCUT2D eigenvalue weighted by Gasteiger charge is 2.40. The summed E-state index contributed by atoms with van der Waals surface area (Å²) in [7, 11) is -1.42. The van der Waals surface area contributed by atoms with Crippen LogP contribution in [0.25, 0.3) is 11.0 Å². The lowest BCUT2D eigenvalue weighted by molar-refractivity contribution is -0.144. The molecule has 252 valence electrons. The highest BCUT2D eigenvalue weighted by Crippen LogP contribution is 2.42. The second kappa shape index (κ2) is 14.6. The Balaban J connectivity index is 1.70. The minimum atomic E-state index is -4.43. The fourth-order valence-corrected chi connectivity index (χ4v) is 6.35. The van der Waals surface area contributed by atoms with Gasteiger partial charge in [-0.1, -0.05) is 43.9 Å². The molecule has 0 bridgehead atoms. The average Bonchev–Trinajstić information content (AvgIpc) is 3.34. The predicted octanol–water partition coefficient (Wildman–Crippen LogP) is 8.16. The molecule has 2 atom stereocenters. The van der Waals surface area contributed by atoms with E-state index in [9.17, 15) is 31.5 Å². The topological polar surface area (TPSA) is 85.3 Å². The van der Waals surface area contributed by atoms with Gasteiger partial charge in [0.05, 0.1) is 29.5 Å². The number of benzene rings is 2.